The van der Waals surface area contributed by atoms with E-state index in [0.717, 1.165) is 44.6 Å². The molecule has 7 nitrogen and oxygen atoms in total. The number of carbonyl (C=O) groups excluding carboxylic acids is 1. The Hall–Kier alpha value is -2.93. The van der Waals surface area contributed by atoms with E-state index in [0.29, 0.717) is 5.56 Å². The molecule has 3 rings (SSSR count). The van der Waals surface area contributed by atoms with Gasteiger partial charge >= 0.3 is 5.97 Å². The SMILES string of the molecule is COc1ccc(CCCN2CCC(OC(=O)c3ccc([N+](=O)[O-])cc3)C2)cc1. The van der Waals surface area contributed by atoms with E-state index >= 15 is 0 Å². The highest BCUT2D eigenvalue weighted by atomic mass is 16.6. The number of ether oxygens (including phenoxy) is 2. The van der Waals surface area contributed by atoms with Crippen LogP contribution in [0.3, 0.4) is 0 Å². The highest BCUT2D eigenvalue weighted by molar-refractivity contribution is 5.89. The number of carbonyl (C=O) groups is 1. The molecule has 7 heteroatoms. The summed E-state index contributed by atoms with van der Waals surface area (Å²) in [7, 11) is 1.66. The maximum atomic E-state index is 12.2. The number of rotatable bonds is 8. The van der Waals surface area contributed by atoms with E-state index in [9.17, 15) is 14.9 Å². The van der Waals surface area contributed by atoms with E-state index in [1.807, 2.05) is 12.1 Å². The fourth-order valence-electron chi connectivity index (χ4n) is 3.33. The number of aryl methyl sites for hydroxylation is 1. The van der Waals surface area contributed by atoms with E-state index in [1.54, 1.807) is 7.11 Å². The number of likely N-dealkylation sites (tertiary alicyclic amines) is 1. The van der Waals surface area contributed by atoms with Crippen molar-refractivity contribution in [1.29, 1.82) is 0 Å². The third-order valence-corrected chi connectivity index (χ3v) is 4.92. The van der Waals surface area contributed by atoms with Crippen molar-refractivity contribution < 1.29 is 19.2 Å². The summed E-state index contributed by atoms with van der Waals surface area (Å²) in [6.07, 6.45) is 2.70. The van der Waals surface area contributed by atoms with Crippen LogP contribution in [0.1, 0.15) is 28.8 Å². The first kappa shape index (κ1) is 19.8. The number of esters is 1. The van der Waals surface area contributed by atoms with Gasteiger partial charge in [0, 0.05) is 25.2 Å². The van der Waals surface area contributed by atoms with Crippen molar-refractivity contribution in [3.63, 3.8) is 0 Å². The molecule has 0 saturated carbocycles. The zero-order valence-corrected chi connectivity index (χ0v) is 15.9. The summed E-state index contributed by atoms with van der Waals surface area (Å²) in [6, 6.07) is 13.6. The Morgan fingerprint density at radius 1 is 1.18 bits per heavy atom. The average molecular weight is 384 g/mol. The van der Waals surface area contributed by atoms with E-state index in [2.05, 4.69) is 17.0 Å². The first-order valence-electron chi connectivity index (χ1n) is 9.36. The van der Waals surface area contributed by atoms with E-state index in [1.165, 1.54) is 29.8 Å². The van der Waals surface area contributed by atoms with Gasteiger partial charge in [-0.2, -0.15) is 0 Å². The quantitative estimate of drug-likeness (QED) is 0.394. The lowest BCUT2D eigenvalue weighted by molar-refractivity contribution is -0.384. The van der Waals surface area contributed by atoms with Crippen LogP contribution in [0, 0.1) is 10.1 Å². The summed E-state index contributed by atoms with van der Waals surface area (Å²) < 4.78 is 10.7. The van der Waals surface area contributed by atoms with E-state index in [4.69, 9.17) is 9.47 Å². The van der Waals surface area contributed by atoms with Crippen molar-refractivity contribution in [2.45, 2.75) is 25.4 Å². The summed E-state index contributed by atoms with van der Waals surface area (Å²) in [5.41, 5.74) is 1.57. The molecule has 1 aliphatic heterocycles. The van der Waals surface area contributed by atoms with E-state index < -0.39 is 10.9 Å². The van der Waals surface area contributed by atoms with Gasteiger partial charge < -0.3 is 9.47 Å². The molecule has 2 aromatic rings. The van der Waals surface area contributed by atoms with Gasteiger partial charge in [-0.25, -0.2) is 4.79 Å². The van der Waals surface area contributed by atoms with Gasteiger partial charge in [0.25, 0.3) is 5.69 Å². The van der Waals surface area contributed by atoms with Gasteiger partial charge in [0.05, 0.1) is 17.6 Å². The van der Waals surface area contributed by atoms with Gasteiger partial charge in [-0.3, -0.25) is 15.0 Å². The van der Waals surface area contributed by atoms with Crippen molar-refractivity contribution >= 4 is 11.7 Å². The summed E-state index contributed by atoms with van der Waals surface area (Å²) in [5.74, 6) is 0.431. The lowest BCUT2D eigenvalue weighted by Crippen LogP contribution is -2.26. The summed E-state index contributed by atoms with van der Waals surface area (Å²) in [6.45, 7) is 2.58. The molecule has 0 N–H and O–H groups in total. The van der Waals surface area contributed by atoms with Crippen molar-refractivity contribution in [2.24, 2.45) is 0 Å². The molecule has 148 valence electrons. The molecule has 1 heterocycles. The van der Waals surface area contributed by atoms with Gasteiger partial charge in [0.15, 0.2) is 0 Å². The van der Waals surface area contributed by atoms with Gasteiger partial charge in [-0.05, 0) is 55.6 Å². The highest BCUT2D eigenvalue weighted by Gasteiger charge is 2.25. The molecule has 1 atom stereocenters. The van der Waals surface area contributed by atoms with Crippen molar-refractivity contribution in [1.82, 2.24) is 4.90 Å². The number of nitro benzene ring substituents is 1. The molecule has 1 fully saturated rings. The summed E-state index contributed by atoms with van der Waals surface area (Å²) in [5, 5.41) is 10.7. The maximum absolute atomic E-state index is 12.2. The fourth-order valence-corrected chi connectivity index (χ4v) is 3.33. The van der Waals surface area contributed by atoms with Gasteiger partial charge in [0.2, 0.25) is 0 Å². The van der Waals surface area contributed by atoms with Gasteiger partial charge in [-0.1, -0.05) is 12.1 Å². The molecule has 28 heavy (non-hydrogen) atoms. The van der Waals surface area contributed by atoms with Crippen LogP contribution in [0.4, 0.5) is 5.69 Å². The standard InChI is InChI=1S/C21H24N2O5/c1-27-19-10-4-16(5-11-19)3-2-13-22-14-12-20(15-22)28-21(24)17-6-8-18(9-7-17)23(25)26/h4-11,20H,2-3,12-15H2,1H3. The summed E-state index contributed by atoms with van der Waals surface area (Å²) in [4.78, 5) is 24.7. The third-order valence-electron chi connectivity index (χ3n) is 4.92. The molecule has 2 aromatic carbocycles. The zero-order chi connectivity index (χ0) is 19.9. The predicted molar refractivity (Wildman–Crippen MR) is 105 cm³/mol. The Kier molecular flexibility index (Phi) is 6.60. The van der Waals surface area contributed by atoms with Crippen molar-refractivity contribution in [3.05, 3.63) is 69.8 Å². The third kappa shape index (κ3) is 5.29. The Bertz CT molecular complexity index is 805. The van der Waals surface area contributed by atoms with Crippen LogP contribution >= 0.6 is 0 Å². The Balaban J connectivity index is 1.40. The average Bonchev–Trinajstić information content (AvgIpc) is 3.15. The lowest BCUT2D eigenvalue weighted by Gasteiger charge is -2.16. The predicted octanol–water partition coefficient (Wildman–Crippen LogP) is 3.47. The van der Waals surface area contributed by atoms with Crippen LogP contribution in [0.15, 0.2) is 48.5 Å². The highest BCUT2D eigenvalue weighted by Crippen LogP contribution is 2.18. The molecule has 1 saturated heterocycles. The summed E-state index contributed by atoms with van der Waals surface area (Å²) >= 11 is 0. The Labute approximate surface area is 164 Å². The Morgan fingerprint density at radius 3 is 2.54 bits per heavy atom. The Morgan fingerprint density at radius 2 is 1.89 bits per heavy atom. The number of non-ortho nitro benzene ring substituents is 1. The smallest absolute Gasteiger partial charge is 0.338 e. The molecule has 0 spiro atoms. The second kappa shape index (κ2) is 9.32. The second-order valence-electron chi connectivity index (χ2n) is 6.87. The molecule has 0 aliphatic carbocycles. The minimum Gasteiger partial charge on any atom is -0.497 e. The van der Waals surface area contributed by atoms with Gasteiger partial charge in [0.1, 0.15) is 11.9 Å². The number of nitrogens with zero attached hydrogens (tertiary/aromatic N) is 2. The normalized spacial score (nSPS) is 16.7. The first-order chi connectivity index (χ1) is 13.5. The first-order valence-corrected chi connectivity index (χ1v) is 9.36. The van der Waals surface area contributed by atoms with Crippen molar-refractivity contribution in [2.75, 3.05) is 26.7 Å². The zero-order valence-electron chi connectivity index (χ0n) is 15.9. The van der Waals surface area contributed by atoms with Crippen LogP contribution in [0.25, 0.3) is 0 Å². The minimum absolute atomic E-state index is 0.0412. The molecule has 1 aliphatic rings. The second-order valence-corrected chi connectivity index (χ2v) is 6.87. The molecule has 0 aromatic heterocycles. The molecular weight excluding hydrogens is 360 g/mol. The number of benzene rings is 2. The molecule has 0 radical (unpaired) electrons. The molecular formula is C21H24N2O5. The number of methoxy groups -OCH3 is 1. The maximum Gasteiger partial charge on any atom is 0.338 e. The molecule has 0 bridgehead atoms. The monoisotopic (exact) mass is 384 g/mol. The van der Waals surface area contributed by atoms with E-state index in [-0.39, 0.29) is 11.8 Å². The molecule has 1 unspecified atom stereocenters. The van der Waals surface area contributed by atoms with Crippen LogP contribution in [-0.2, 0) is 11.2 Å². The lowest BCUT2D eigenvalue weighted by atomic mass is 10.1. The van der Waals surface area contributed by atoms with Crippen LogP contribution < -0.4 is 4.74 Å². The topological polar surface area (TPSA) is 81.9 Å². The van der Waals surface area contributed by atoms with Crippen LogP contribution in [0.5, 0.6) is 5.75 Å². The van der Waals surface area contributed by atoms with Crippen molar-refractivity contribution in [3.8, 4) is 5.75 Å². The molecule has 0 amide bonds. The van der Waals surface area contributed by atoms with Gasteiger partial charge in [-0.15, -0.1) is 0 Å². The largest absolute Gasteiger partial charge is 0.497 e. The van der Waals surface area contributed by atoms with Crippen LogP contribution in [-0.4, -0.2) is 48.6 Å². The minimum atomic E-state index is -0.490. The number of hydrogen-bond donors (Lipinski definition) is 0. The number of nitro groups is 1. The van der Waals surface area contributed by atoms with Crippen LogP contribution in [0.2, 0.25) is 0 Å². The fraction of sp³-hybridized carbons (Fsp3) is 0.381. The number of hydrogen-bond acceptors (Lipinski definition) is 6.